The van der Waals surface area contributed by atoms with Crippen LogP contribution in [0, 0.1) is 11.8 Å². The zero-order valence-corrected chi connectivity index (χ0v) is 22.6. The average molecular weight is 514 g/mol. The molecule has 0 bridgehead atoms. The molecule has 3 rings (SSSR count). The first-order chi connectivity index (χ1) is 15.7. The molecule has 0 spiro atoms. The lowest BCUT2D eigenvalue weighted by Crippen LogP contribution is -2.48. The molecule has 0 unspecified atom stereocenters. The number of morpholine rings is 1. The Kier molecular flexibility index (Phi) is 8.32. The second kappa shape index (κ2) is 10.4. The molecule has 192 valence electrons. The number of carbonyl (C=O) groups is 1. The SMILES string of the molecule is C[C@@H]1CN(S(=O)(=O)c2ccc(CC(=O)C3CCC(CS(=O)(=O)C(C)(C)C)CC3)cc2)C[C@H](C)O1. The Morgan fingerprint density at radius 1 is 0.941 bits per heavy atom. The Bertz CT molecular complexity index is 1060. The van der Waals surface area contributed by atoms with Crippen molar-refractivity contribution in [3.05, 3.63) is 29.8 Å². The van der Waals surface area contributed by atoms with Gasteiger partial charge in [0.2, 0.25) is 10.0 Å². The minimum Gasteiger partial charge on any atom is -0.373 e. The number of Topliss-reactive ketones (excluding diaryl/α,β-unsaturated/α-hetero) is 1. The van der Waals surface area contributed by atoms with Crippen LogP contribution < -0.4 is 0 Å². The normalized spacial score (nSPS) is 27.4. The van der Waals surface area contributed by atoms with Crippen LogP contribution in [0.5, 0.6) is 0 Å². The summed E-state index contributed by atoms with van der Waals surface area (Å²) in [7, 11) is -6.76. The summed E-state index contributed by atoms with van der Waals surface area (Å²) in [6, 6.07) is 6.60. The number of rotatable bonds is 7. The number of sulfone groups is 1. The number of sulfonamides is 1. The fourth-order valence-corrected chi connectivity index (χ4v) is 7.86. The van der Waals surface area contributed by atoms with Crippen LogP contribution in [-0.4, -0.2) is 62.7 Å². The first-order valence-electron chi connectivity index (χ1n) is 12.2. The van der Waals surface area contributed by atoms with Crippen molar-refractivity contribution in [3.8, 4) is 0 Å². The Balaban J connectivity index is 1.55. The number of ether oxygens (including phenoxy) is 1. The summed E-state index contributed by atoms with van der Waals surface area (Å²) in [6.45, 7) is 9.58. The topological polar surface area (TPSA) is 97.8 Å². The highest BCUT2D eigenvalue weighted by Gasteiger charge is 2.35. The molecule has 2 fully saturated rings. The highest BCUT2D eigenvalue weighted by molar-refractivity contribution is 7.92. The van der Waals surface area contributed by atoms with Gasteiger partial charge in [-0.05, 0) is 83.9 Å². The van der Waals surface area contributed by atoms with Crippen molar-refractivity contribution >= 4 is 25.6 Å². The third-order valence-electron chi connectivity index (χ3n) is 7.02. The smallest absolute Gasteiger partial charge is 0.243 e. The van der Waals surface area contributed by atoms with E-state index in [2.05, 4.69) is 0 Å². The van der Waals surface area contributed by atoms with Gasteiger partial charge in [-0.25, -0.2) is 16.8 Å². The van der Waals surface area contributed by atoms with E-state index in [1.165, 1.54) is 4.31 Å². The van der Waals surface area contributed by atoms with E-state index >= 15 is 0 Å². The van der Waals surface area contributed by atoms with Crippen LogP contribution in [0.25, 0.3) is 0 Å². The van der Waals surface area contributed by atoms with Crippen molar-refractivity contribution in [2.45, 2.75) is 88.6 Å². The molecule has 0 radical (unpaired) electrons. The van der Waals surface area contributed by atoms with Gasteiger partial charge in [-0.15, -0.1) is 0 Å². The first kappa shape index (κ1) is 27.3. The zero-order valence-electron chi connectivity index (χ0n) is 21.0. The summed E-state index contributed by atoms with van der Waals surface area (Å²) in [5, 5.41) is 0. The Labute approximate surface area is 205 Å². The van der Waals surface area contributed by atoms with Crippen LogP contribution in [0.1, 0.15) is 65.9 Å². The molecular weight excluding hydrogens is 474 g/mol. The Morgan fingerprint density at radius 3 is 1.97 bits per heavy atom. The Morgan fingerprint density at radius 2 is 1.47 bits per heavy atom. The molecule has 34 heavy (non-hydrogen) atoms. The van der Waals surface area contributed by atoms with Crippen molar-refractivity contribution in [1.29, 1.82) is 0 Å². The molecule has 0 amide bonds. The molecule has 1 heterocycles. The van der Waals surface area contributed by atoms with Gasteiger partial charge in [-0.2, -0.15) is 4.31 Å². The molecule has 0 N–H and O–H groups in total. The minimum absolute atomic E-state index is 0.0617. The van der Waals surface area contributed by atoms with Gasteiger partial charge in [-0.3, -0.25) is 4.79 Å². The van der Waals surface area contributed by atoms with Crippen molar-refractivity contribution in [1.82, 2.24) is 4.31 Å². The minimum atomic E-state index is -3.61. The van der Waals surface area contributed by atoms with E-state index in [-0.39, 0.29) is 46.9 Å². The van der Waals surface area contributed by atoms with E-state index in [1.807, 2.05) is 13.8 Å². The van der Waals surface area contributed by atoms with E-state index in [0.29, 0.717) is 25.9 Å². The summed E-state index contributed by atoms with van der Waals surface area (Å²) in [5.41, 5.74) is 0.796. The van der Waals surface area contributed by atoms with Crippen LogP contribution >= 0.6 is 0 Å². The standard InChI is InChI=1S/C25H39NO6S2/c1-18-15-26(16-19(2)32-18)34(30,31)23-12-8-20(9-13-23)14-24(27)22-10-6-21(7-11-22)17-33(28,29)25(3,4)5/h8-9,12-13,18-19,21-22H,6-7,10-11,14-17H2,1-5H3/t18-,19+,21?,22?. The quantitative estimate of drug-likeness (QED) is 0.552. The van der Waals surface area contributed by atoms with E-state index in [1.54, 1.807) is 45.0 Å². The summed E-state index contributed by atoms with van der Waals surface area (Å²) < 4.78 is 57.4. The van der Waals surface area contributed by atoms with Crippen molar-refractivity contribution in [3.63, 3.8) is 0 Å². The van der Waals surface area contributed by atoms with Crippen molar-refractivity contribution in [2.75, 3.05) is 18.8 Å². The van der Waals surface area contributed by atoms with Gasteiger partial charge in [0.05, 0.1) is 27.6 Å². The van der Waals surface area contributed by atoms with Crippen LogP contribution in [-0.2, 0) is 35.8 Å². The molecule has 7 nitrogen and oxygen atoms in total. The summed E-state index contributed by atoms with van der Waals surface area (Å²) in [5.74, 6) is 0.383. The molecule has 1 aliphatic heterocycles. The van der Waals surface area contributed by atoms with Gasteiger partial charge < -0.3 is 4.74 Å². The number of benzene rings is 1. The van der Waals surface area contributed by atoms with Gasteiger partial charge in [0.25, 0.3) is 0 Å². The van der Waals surface area contributed by atoms with E-state index in [4.69, 9.17) is 4.74 Å². The zero-order chi connectivity index (χ0) is 25.3. The summed E-state index contributed by atoms with van der Waals surface area (Å²) in [6.07, 6.45) is 2.88. The highest BCUT2D eigenvalue weighted by atomic mass is 32.2. The molecule has 0 aromatic heterocycles. The predicted octanol–water partition coefficient (Wildman–Crippen LogP) is 3.62. The molecule has 1 aromatic rings. The molecule has 2 atom stereocenters. The molecule has 2 aliphatic rings. The maximum absolute atomic E-state index is 13.0. The van der Waals surface area contributed by atoms with Gasteiger partial charge in [-0.1, -0.05) is 12.1 Å². The summed E-state index contributed by atoms with van der Waals surface area (Å²) >= 11 is 0. The third kappa shape index (κ3) is 6.47. The lowest BCUT2D eigenvalue weighted by Gasteiger charge is -2.34. The highest BCUT2D eigenvalue weighted by Crippen LogP contribution is 2.33. The second-order valence-electron chi connectivity index (χ2n) is 11.0. The van der Waals surface area contributed by atoms with Crippen molar-refractivity contribution < 1.29 is 26.4 Å². The fourth-order valence-electron chi connectivity index (χ4n) is 4.81. The van der Waals surface area contributed by atoms with Crippen LogP contribution in [0.2, 0.25) is 0 Å². The molecular formula is C25H39NO6S2. The second-order valence-corrected chi connectivity index (χ2v) is 15.7. The summed E-state index contributed by atoms with van der Waals surface area (Å²) in [4.78, 5) is 13.1. The van der Waals surface area contributed by atoms with Gasteiger partial charge in [0.1, 0.15) is 5.78 Å². The predicted molar refractivity (Wildman–Crippen MR) is 133 cm³/mol. The molecule has 9 heteroatoms. The lowest BCUT2D eigenvalue weighted by molar-refractivity contribution is -0.123. The number of ketones is 1. The van der Waals surface area contributed by atoms with Gasteiger partial charge in [0, 0.05) is 25.4 Å². The Hall–Kier alpha value is -1.29. The molecule has 1 aromatic carbocycles. The van der Waals surface area contributed by atoms with Gasteiger partial charge in [0.15, 0.2) is 9.84 Å². The van der Waals surface area contributed by atoms with Crippen molar-refractivity contribution in [2.24, 2.45) is 11.8 Å². The third-order valence-corrected chi connectivity index (χ3v) is 11.6. The first-order valence-corrected chi connectivity index (χ1v) is 15.3. The van der Waals surface area contributed by atoms with Crippen LogP contribution in [0.15, 0.2) is 29.2 Å². The van der Waals surface area contributed by atoms with E-state index in [9.17, 15) is 21.6 Å². The molecule has 1 aliphatic carbocycles. The van der Waals surface area contributed by atoms with E-state index in [0.717, 1.165) is 18.4 Å². The van der Waals surface area contributed by atoms with Crippen LogP contribution in [0.4, 0.5) is 0 Å². The monoisotopic (exact) mass is 513 g/mol. The maximum atomic E-state index is 13.0. The van der Waals surface area contributed by atoms with Gasteiger partial charge >= 0.3 is 0 Å². The fraction of sp³-hybridized carbons (Fsp3) is 0.720. The van der Waals surface area contributed by atoms with E-state index < -0.39 is 24.6 Å². The molecule has 1 saturated heterocycles. The maximum Gasteiger partial charge on any atom is 0.243 e. The average Bonchev–Trinajstić information content (AvgIpc) is 2.73. The number of hydrogen-bond acceptors (Lipinski definition) is 6. The number of hydrogen-bond donors (Lipinski definition) is 0. The lowest BCUT2D eigenvalue weighted by atomic mass is 9.79. The number of nitrogens with zero attached hydrogens (tertiary/aromatic N) is 1. The molecule has 1 saturated carbocycles. The largest absolute Gasteiger partial charge is 0.373 e. The van der Waals surface area contributed by atoms with Crippen LogP contribution in [0.3, 0.4) is 0 Å². The number of carbonyl (C=O) groups excluding carboxylic acids is 1.